The highest BCUT2D eigenvalue weighted by atomic mass is 32.2. The molecule has 0 unspecified atom stereocenters. The van der Waals surface area contributed by atoms with E-state index in [0.29, 0.717) is 6.54 Å². The first-order valence-electron chi connectivity index (χ1n) is 5.85. The van der Waals surface area contributed by atoms with Crippen molar-refractivity contribution in [1.29, 1.82) is 0 Å². The maximum Gasteiger partial charge on any atom is 0.157 e. The quantitative estimate of drug-likeness (QED) is 0.880. The van der Waals surface area contributed by atoms with Gasteiger partial charge in [0.1, 0.15) is 5.76 Å². The van der Waals surface area contributed by atoms with E-state index in [1.165, 1.54) is 6.42 Å². The summed E-state index contributed by atoms with van der Waals surface area (Å²) in [6.07, 6.45) is 1.17. The molecule has 0 spiro atoms. The van der Waals surface area contributed by atoms with Gasteiger partial charge in [0.2, 0.25) is 0 Å². The first-order chi connectivity index (χ1) is 7.98. The topological polar surface area (TPSA) is 50.4 Å². The highest BCUT2D eigenvalue weighted by Crippen LogP contribution is 2.22. The average Bonchev–Trinajstić information content (AvgIpc) is 2.55. The molecule has 0 aliphatic carbocycles. The van der Waals surface area contributed by atoms with E-state index in [-0.39, 0.29) is 5.54 Å². The second-order valence-electron chi connectivity index (χ2n) is 5.03. The summed E-state index contributed by atoms with van der Waals surface area (Å²) in [6, 6.07) is 0. The molecule has 1 aromatic rings. The lowest BCUT2D eigenvalue weighted by atomic mass is 10.0. The summed E-state index contributed by atoms with van der Waals surface area (Å²) in [5.41, 5.74) is 2.19. The van der Waals surface area contributed by atoms with Crippen LogP contribution in [0.4, 0.5) is 0 Å². The number of hydrogen-bond acceptors (Lipinski definition) is 4. The van der Waals surface area contributed by atoms with Crippen LogP contribution in [0, 0.1) is 13.8 Å². The van der Waals surface area contributed by atoms with Crippen molar-refractivity contribution < 1.29 is 4.52 Å². The fourth-order valence-corrected chi connectivity index (χ4v) is 3.06. The zero-order chi connectivity index (χ0) is 12.5. The molecule has 0 amide bonds. The van der Waals surface area contributed by atoms with Crippen LogP contribution < -0.4 is 5.32 Å². The van der Waals surface area contributed by atoms with Gasteiger partial charge < -0.3 is 9.84 Å². The van der Waals surface area contributed by atoms with Gasteiger partial charge in [-0.1, -0.05) is 16.9 Å². The fourth-order valence-electron chi connectivity index (χ4n) is 1.75. The third kappa shape index (κ3) is 3.03. The number of rotatable bonds is 2. The van der Waals surface area contributed by atoms with Crippen molar-refractivity contribution in [3.05, 3.63) is 17.0 Å². The Bertz CT molecular complexity index is 417. The molecule has 0 atom stereocenters. The van der Waals surface area contributed by atoms with E-state index in [9.17, 15) is 0 Å². The Kier molecular flexibility index (Phi) is 3.47. The van der Waals surface area contributed by atoms with Crippen LogP contribution in [0.1, 0.15) is 37.3 Å². The maximum atomic E-state index is 5.13. The molecular weight excluding hydrogens is 234 g/mol. The van der Waals surface area contributed by atoms with Crippen molar-refractivity contribution in [2.75, 3.05) is 5.75 Å². The van der Waals surface area contributed by atoms with Gasteiger partial charge in [0.05, 0.1) is 12.2 Å². The Morgan fingerprint density at radius 2 is 2.24 bits per heavy atom. The lowest BCUT2D eigenvalue weighted by Crippen LogP contribution is -2.46. The third-order valence-electron chi connectivity index (χ3n) is 2.97. The van der Waals surface area contributed by atoms with Crippen molar-refractivity contribution >= 4 is 16.9 Å². The van der Waals surface area contributed by atoms with Crippen molar-refractivity contribution in [1.82, 2.24) is 10.5 Å². The molecule has 0 bridgehead atoms. The molecule has 1 aliphatic heterocycles. The van der Waals surface area contributed by atoms with Gasteiger partial charge >= 0.3 is 0 Å². The molecule has 2 heterocycles. The van der Waals surface area contributed by atoms with Crippen LogP contribution in [0.5, 0.6) is 0 Å². The van der Waals surface area contributed by atoms with Crippen molar-refractivity contribution in [2.24, 2.45) is 4.99 Å². The van der Waals surface area contributed by atoms with Crippen LogP contribution >= 0.6 is 11.8 Å². The van der Waals surface area contributed by atoms with E-state index in [4.69, 9.17) is 4.52 Å². The fraction of sp³-hybridized carbons (Fsp3) is 0.667. The number of hydrogen-bond donors (Lipinski definition) is 1. The van der Waals surface area contributed by atoms with Crippen LogP contribution in [0.3, 0.4) is 0 Å². The van der Waals surface area contributed by atoms with Crippen LogP contribution in [0.2, 0.25) is 0 Å². The van der Waals surface area contributed by atoms with Gasteiger partial charge in [0.15, 0.2) is 5.17 Å². The summed E-state index contributed by atoms with van der Waals surface area (Å²) >= 11 is 1.79. The van der Waals surface area contributed by atoms with E-state index >= 15 is 0 Å². The molecule has 0 aromatic carbocycles. The van der Waals surface area contributed by atoms with Gasteiger partial charge in [-0.05, 0) is 34.1 Å². The molecule has 17 heavy (non-hydrogen) atoms. The molecule has 94 valence electrons. The minimum atomic E-state index is 0.156. The zero-order valence-electron chi connectivity index (χ0n) is 10.8. The van der Waals surface area contributed by atoms with Crippen molar-refractivity contribution in [3.8, 4) is 0 Å². The summed E-state index contributed by atoms with van der Waals surface area (Å²) in [5, 5.41) is 8.42. The van der Waals surface area contributed by atoms with Crippen molar-refractivity contribution in [2.45, 2.75) is 46.2 Å². The third-order valence-corrected chi connectivity index (χ3v) is 3.89. The van der Waals surface area contributed by atoms with Crippen molar-refractivity contribution in [3.63, 3.8) is 0 Å². The standard InChI is InChI=1S/C12H19N3OS/c1-8-10(9(2)16-15-8)7-13-11-14-12(3,4)5-6-17-11/h5-7H2,1-4H3,(H,13,14). The van der Waals surface area contributed by atoms with Gasteiger partial charge in [-0.25, -0.2) is 0 Å². The van der Waals surface area contributed by atoms with E-state index in [1.807, 2.05) is 13.8 Å². The second kappa shape index (κ2) is 4.72. The summed E-state index contributed by atoms with van der Waals surface area (Å²) in [7, 11) is 0. The largest absolute Gasteiger partial charge is 0.361 e. The number of thioether (sulfide) groups is 1. The van der Waals surface area contributed by atoms with E-state index in [0.717, 1.165) is 27.9 Å². The minimum Gasteiger partial charge on any atom is -0.361 e. The van der Waals surface area contributed by atoms with Crippen LogP contribution in [0.15, 0.2) is 9.52 Å². The highest BCUT2D eigenvalue weighted by Gasteiger charge is 2.24. The molecule has 1 aliphatic rings. The summed E-state index contributed by atoms with van der Waals surface area (Å²) in [5.74, 6) is 1.99. The smallest absolute Gasteiger partial charge is 0.157 e. The van der Waals surface area contributed by atoms with Gasteiger partial charge in [-0.3, -0.25) is 4.99 Å². The van der Waals surface area contributed by atoms with Crippen LogP contribution in [-0.2, 0) is 6.54 Å². The van der Waals surface area contributed by atoms with E-state index in [1.54, 1.807) is 11.8 Å². The van der Waals surface area contributed by atoms with Gasteiger partial charge in [-0.2, -0.15) is 0 Å². The molecule has 0 saturated carbocycles. The Hall–Kier alpha value is -0.970. The predicted octanol–water partition coefficient (Wildman–Crippen LogP) is 2.65. The molecule has 0 radical (unpaired) electrons. The lowest BCUT2D eigenvalue weighted by Gasteiger charge is -2.32. The normalized spacial score (nSPS) is 21.5. The zero-order valence-corrected chi connectivity index (χ0v) is 11.6. The molecule has 1 fully saturated rings. The van der Waals surface area contributed by atoms with Gasteiger partial charge in [0.25, 0.3) is 0 Å². The molecule has 1 saturated heterocycles. The lowest BCUT2D eigenvalue weighted by molar-refractivity contribution is 0.392. The Labute approximate surface area is 106 Å². The van der Waals surface area contributed by atoms with Crippen LogP contribution in [0.25, 0.3) is 0 Å². The summed E-state index contributed by atoms with van der Waals surface area (Å²) in [4.78, 5) is 4.61. The second-order valence-corrected chi connectivity index (χ2v) is 6.12. The first kappa shape index (κ1) is 12.5. The highest BCUT2D eigenvalue weighted by molar-refractivity contribution is 8.13. The number of aromatic nitrogens is 1. The molecular formula is C12H19N3OS. The number of aryl methyl sites for hydroxylation is 2. The molecule has 4 nitrogen and oxygen atoms in total. The van der Waals surface area contributed by atoms with E-state index < -0.39 is 0 Å². The Balaban J connectivity index is 2.06. The van der Waals surface area contributed by atoms with Gasteiger partial charge in [-0.15, -0.1) is 0 Å². The molecule has 5 heteroatoms. The SMILES string of the molecule is Cc1noc(C)c1CN=C1NC(C)(C)CCS1. The predicted molar refractivity (Wildman–Crippen MR) is 71.4 cm³/mol. The Morgan fingerprint density at radius 1 is 1.47 bits per heavy atom. The molecule has 2 rings (SSSR count). The van der Waals surface area contributed by atoms with Crippen LogP contribution in [-0.4, -0.2) is 21.6 Å². The average molecular weight is 253 g/mol. The maximum absolute atomic E-state index is 5.13. The monoisotopic (exact) mass is 253 g/mol. The number of nitrogens with zero attached hydrogens (tertiary/aromatic N) is 2. The molecule has 1 aromatic heterocycles. The summed E-state index contributed by atoms with van der Waals surface area (Å²) in [6.45, 7) is 8.95. The van der Waals surface area contributed by atoms with E-state index in [2.05, 4.69) is 29.3 Å². The Morgan fingerprint density at radius 3 is 2.82 bits per heavy atom. The first-order valence-corrected chi connectivity index (χ1v) is 6.84. The number of aliphatic imine (C=N–C) groups is 1. The number of nitrogens with one attached hydrogen (secondary N) is 1. The number of amidine groups is 1. The molecule has 1 N–H and O–H groups in total. The minimum absolute atomic E-state index is 0.156. The summed E-state index contributed by atoms with van der Waals surface area (Å²) < 4.78 is 5.13. The van der Waals surface area contributed by atoms with Gasteiger partial charge in [0, 0.05) is 16.9 Å².